The van der Waals surface area contributed by atoms with Crippen LogP contribution in [0.1, 0.15) is 31.9 Å². The fourth-order valence-electron chi connectivity index (χ4n) is 1.56. The average Bonchev–Trinajstić information content (AvgIpc) is 2.11. The molecule has 0 atom stereocenters. The average molecular weight is 295 g/mol. The highest BCUT2D eigenvalue weighted by molar-refractivity contribution is 7.89. The van der Waals surface area contributed by atoms with E-state index in [0.29, 0.717) is 5.56 Å². The van der Waals surface area contributed by atoms with E-state index in [4.69, 9.17) is 0 Å². The van der Waals surface area contributed by atoms with E-state index in [1.54, 1.807) is 20.8 Å². The second-order valence-corrected chi connectivity index (χ2v) is 7.00. The van der Waals surface area contributed by atoms with Crippen LogP contribution in [0.15, 0.2) is 23.1 Å². The molecule has 0 aliphatic carbocycles. The largest absolute Gasteiger partial charge is 0.417 e. The molecule has 3 nitrogen and oxygen atoms in total. The summed E-state index contributed by atoms with van der Waals surface area (Å²) in [6.07, 6.45) is -4.71. The molecule has 0 aromatic heterocycles. The lowest BCUT2D eigenvalue weighted by molar-refractivity contribution is -0.139. The number of alkyl halides is 3. The van der Waals surface area contributed by atoms with Crippen LogP contribution in [-0.4, -0.2) is 14.0 Å². The molecule has 0 heterocycles. The Morgan fingerprint density at radius 3 is 2.05 bits per heavy atom. The van der Waals surface area contributed by atoms with Gasteiger partial charge in [0.2, 0.25) is 10.0 Å². The molecular formula is C12H16F3NO2S. The molecule has 0 spiro atoms. The molecule has 0 saturated heterocycles. The first kappa shape index (κ1) is 16.0. The van der Waals surface area contributed by atoms with Crippen LogP contribution in [0.2, 0.25) is 0 Å². The molecule has 0 aliphatic heterocycles. The van der Waals surface area contributed by atoms with E-state index >= 15 is 0 Å². The smallest absolute Gasteiger partial charge is 0.207 e. The van der Waals surface area contributed by atoms with Crippen LogP contribution in [0.25, 0.3) is 0 Å². The second kappa shape index (κ2) is 4.79. The number of sulfonamides is 1. The molecule has 1 N–H and O–H groups in total. The van der Waals surface area contributed by atoms with Crippen molar-refractivity contribution in [1.82, 2.24) is 4.72 Å². The van der Waals surface area contributed by atoms with E-state index in [0.717, 1.165) is 12.1 Å². The van der Waals surface area contributed by atoms with E-state index in [9.17, 15) is 21.6 Å². The van der Waals surface area contributed by atoms with Crippen molar-refractivity contribution in [2.75, 3.05) is 0 Å². The predicted octanol–water partition coefficient (Wildman–Crippen LogP) is 3.09. The highest BCUT2D eigenvalue weighted by Gasteiger charge is 2.38. The van der Waals surface area contributed by atoms with Crippen molar-refractivity contribution in [2.24, 2.45) is 0 Å². The van der Waals surface area contributed by atoms with Gasteiger partial charge in [0.05, 0.1) is 10.5 Å². The number of rotatable bonds is 2. The van der Waals surface area contributed by atoms with Gasteiger partial charge in [-0.2, -0.15) is 13.2 Å². The molecule has 1 aromatic carbocycles. The van der Waals surface area contributed by atoms with Crippen molar-refractivity contribution in [3.8, 4) is 0 Å². The number of aryl methyl sites for hydroxylation is 1. The Bertz CT molecular complexity index is 572. The van der Waals surface area contributed by atoms with Gasteiger partial charge in [-0.1, -0.05) is 11.6 Å². The van der Waals surface area contributed by atoms with Crippen LogP contribution in [0.3, 0.4) is 0 Å². The number of halogens is 3. The Balaban J connectivity index is 3.44. The summed E-state index contributed by atoms with van der Waals surface area (Å²) in [6.45, 7) is 6.16. The van der Waals surface area contributed by atoms with Gasteiger partial charge in [-0.25, -0.2) is 13.1 Å². The Kier molecular flexibility index (Phi) is 4.03. The molecule has 0 fully saturated rings. The van der Waals surface area contributed by atoms with Crippen LogP contribution < -0.4 is 4.72 Å². The maximum atomic E-state index is 12.9. The van der Waals surface area contributed by atoms with Crippen molar-refractivity contribution in [2.45, 2.75) is 44.3 Å². The highest BCUT2D eigenvalue weighted by atomic mass is 32.2. The van der Waals surface area contributed by atoms with Crippen molar-refractivity contribution in [3.63, 3.8) is 0 Å². The first-order chi connectivity index (χ1) is 8.33. The van der Waals surface area contributed by atoms with Gasteiger partial charge in [-0.3, -0.25) is 0 Å². The van der Waals surface area contributed by atoms with Crippen LogP contribution in [0.5, 0.6) is 0 Å². The topological polar surface area (TPSA) is 46.2 Å². The van der Waals surface area contributed by atoms with Crippen molar-refractivity contribution in [3.05, 3.63) is 29.3 Å². The Hall–Kier alpha value is -1.08. The zero-order valence-corrected chi connectivity index (χ0v) is 11.9. The molecular weight excluding hydrogens is 279 g/mol. The maximum Gasteiger partial charge on any atom is 0.417 e. The summed E-state index contributed by atoms with van der Waals surface area (Å²) in [5.41, 5.74) is -1.65. The summed E-state index contributed by atoms with van der Waals surface area (Å²) in [5.74, 6) is 0. The highest BCUT2D eigenvalue weighted by Crippen LogP contribution is 2.35. The molecule has 108 valence electrons. The Morgan fingerprint density at radius 2 is 1.63 bits per heavy atom. The summed E-state index contributed by atoms with van der Waals surface area (Å²) in [7, 11) is -4.22. The summed E-state index contributed by atoms with van der Waals surface area (Å²) >= 11 is 0. The minimum atomic E-state index is -4.71. The third-order valence-corrected chi connectivity index (χ3v) is 3.99. The summed E-state index contributed by atoms with van der Waals surface area (Å²) in [5, 5.41) is 0. The van der Waals surface area contributed by atoms with Gasteiger partial charge in [-0.15, -0.1) is 0 Å². The normalized spacial score (nSPS) is 13.6. The first-order valence-corrected chi connectivity index (χ1v) is 7.03. The lowest BCUT2D eigenvalue weighted by Gasteiger charge is -2.22. The first-order valence-electron chi connectivity index (χ1n) is 5.55. The summed E-state index contributed by atoms with van der Waals surface area (Å²) in [4.78, 5) is -0.750. The standard InChI is InChI=1S/C12H16F3NO2S/c1-8-5-6-10(9(7-8)12(13,14)15)19(17,18)16-11(2,3)4/h5-7,16H,1-4H3. The van der Waals surface area contributed by atoms with Gasteiger partial charge in [-0.05, 0) is 39.8 Å². The number of nitrogens with one attached hydrogen (secondary N) is 1. The second-order valence-electron chi connectivity index (χ2n) is 5.35. The monoisotopic (exact) mass is 295 g/mol. The third kappa shape index (κ3) is 4.21. The van der Waals surface area contributed by atoms with E-state index in [2.05, 4.69) is 4.72 Å². The van der Waals surface area contributed by atoms with E-state index < -0.39 is 32.2 Å². The minimum absolute atomic E-state index is 0.349. The molecule has 0 amide bonds. The van der Waals surface area contributed by atoms with E-state index in [1.165, 1.54) is 13.0 Å². The lowest BCUT2D eigenvalue weighted by atomic mass is 10.1. The Labute approximate surface area is 110 Å². The zero-order chi connectivity index (χ0) is 15.1. The van der Waals surface area contributed by atoms with Gasteiger partial charge < -0.3 is 0 Å². The molecule has 0 bridgehead atoms. The molecule has 0 saturated carbocycles. The molecule has 0 unspecified atom stereocenters. The van der Waals surface area contributed by atoms with Gasteiger partial charge in [0.15, 0.2) is 0 Å². The van der Waals surface area contributed by atoms with Crippen molar-refractivity contribution >= 4 is 10.0 Å². The van der Waals surface area contributed by atoms with Crippen LogP contribution in [-0.2, 0) is 16.2 Å². The fourth-order valence-corrected chi connectivity index (χ4v) is 3.19. The van der Waals surface area contributed by atoms with Gasteiger partial charge in [0.25, 0.3) is 0 Å². The van der Waals surface area contributed by atoms with Gasteiger partial charge in [0, 0.05) is 5.54 Å². The predicted molar refractivity (Wildman–Crippen MR) is 66.3 cm³/mol. The van der Waals surface area contributed by atoms with Crippen LogP contribution >= 0.6 is 0 Å². The molecule has 19 heavy (non-hydrogen) atoms. The Morgan fingerprint density at radius 1 is 1.11 bits per heavy atom. The van der Waals surface area contributed by atoms with Gasteiger partial charge in [0.1, 0.15) is 0 Å². The third-order valence-electron chi connectivity index (χ3n) is 2.17. The molecule has 7 heteroatoms. The van der Waals surface area contributed by atoms with E-state index in [1.807, 2.05) is 0 Å². The van der Waals surface area contributed by atoms with Crippen LogP contribution in [0.4, 0.5) is 13.2 Å². The van der Waals surface area contributed by atoms with Crippen molar-refractivity contribution < 1.29 is 21.6 Å². The number of benzene rings is 1. The lowest BCUT2D eigenvalue weighted by Crippen LogP contribution is -2.41. The van der Waals surface area contributed by atoms with Crippen molar-refractivity contribution in [1.29, 1.82) is 0 Å². The molecule has 1 rings (SSSR count). The summed E-state index contributed by atoms with van der Waals surface area (Å²) < 4.78 is 64.9. The quantitative estimate of drug-likeness (QED) is 0.911. The minimum Gasteiger partial charge on any atom is -0.207 e. The fraction of sp³-hybridized carbons (Fsp3) is 0.500. The molecule has 0 aliphatic rings. The van der Waals surface area contributed by atoms with Gasteiger partial charge >= 0.3 is 6.18 Å². The maximum absolute atomic E-state index is 12.9. The SMILES string of the molecule is Cc1ccc(S(=O)(=O)NC(C)(C)C)c(C(F)(F)F)c1. The zero-order valence-electron chi connectivity index (χ0n) is 11.1. The van der Waals surface area contributed by atoms with Crippen LogP contribution in [0, 0.1) is 6.92 Å². The number of hydrogen-bond acceptors (Lipinski definition) is 2. The molecule has 1 aromatic rings. The van der Waals surface area contributed by atoms with E-state index in [-0.39, 0.29) is 0 Å². The summed E-state index contributed by atoms with van der Waals surface area (Å²) in [6, 6.07) is 3.15. The number of hydrogen-bond donors (Lipinski definition) is 1. The molecule has 0 radical (unpaired) electrons.